The van der Waals surface area contributed by atoms with Gasteiger partial charge in [-0.05, 0) is 66.3 Å². The normalized spacial score (nSPS) is 17.5. The molecule has 2 aromatic carbocycles. The molecule has 0 radical (unpaired) electrons. The number of ether oxygens (including phenoxy) is 1. The molecular formula is C24H23N3O4. The topological polar surface area (TPSA) is 116 Å². The SMILES string of the molecule is N=C(CC(=O)c1cccc(COc2ccc(-c3ccn[nH]3)cc2)c1)C1CC(C(=O)O)C1. The molecule has 1 aromatic heterocycles. The smallest absolute Gasteiger partial charge is 0.306 e. The molecule has 0 atom stereocenters. The van der Waals surface area contributed by atoms with Gasteiger partial charge in [-0.3, -0.25) is 14.7 Å². The third-order valence-electron chi connectivity index (χ3n) is 5.65. The predicted molar refractivity (Wildman–Crippen MR) is 115 cm³/mol. The number of nitrogens with one attached hydrogen (secondary N) is 2. The molecule has 1 aliphatic carbocycles. The van der Waals surface area contributed by atoms with E-state index in [0.29, 0.717) is 30.7 Å². The van der Waals surface area contributed by atoms with E-state index < -0.39 is 5.97 Å². The molecule has 0 saturated heterocycles. The van der Waals surface area contributed by atoms with Gasteiger partial charge < -0.3 is 15.3 Å². The molecule has 1 aliphatic rings. The Labute approximate surface area is 179 Å². The van der Waals surface area contributed by atoms with Gasteiger partial charge in [0.15, 0.2) is 5.78 Å². The fraction of sp³-hybridized carbons (Fsp3) is 0.250. The predicted octanol–water partition coefficient (Wildman–Crippen LogP) is 4.36. The minimum Gasteiger partial charge on any atom is -0.489 e. The Morgan fingerprint density at radius 2 is 1.87 bits per heavy atom. The molecule has 4 rings (SSSR count). The Kier molecular flexibility index (Phi) is 5.93. The van der Waals surface area contributed by atoms with Gasteiger partial charge in [0.1, 0.15) is 12.4 Å². The van der Waals surface area contributed by atoms with Crippen LogP contribution in [0.1, 0.15) is 35.2 Å². The quantitative estimate of drug-likeness (QED) is 0.353. The number of nitrogens with zero attached hydrogens (tertiary/aromatic N) is 1. The number of H-pyrrole nitrogens is 1. The first-order valence-electron chi connectivity index (χ1n) is 10.1. The summed E-state index contributed by atoms with van der Waals surface area (Å²) < 4.78 is 5.84. The Morgan fingerprint density at radius 1 is 1.10 bits per heavy atom. The third kappa shape index (κ3) is 4.88. The Morgan fingerprint density at radius 3 is 2.55 bits per heavy atom. The van der Waals surface area contributed by atoms with Gasteiger partial charge in [-0.25, -0.2) is 0 Å². The maximum atomic E-state index is 12.6. The van der Waals surface area contributed by atoms with Crippen molar-refractivity contribution in [3.63, 3.8) is 0 Å². The van der Waals surface area contributed by atoms with Crippen LogP contribution in [0.25, 0.3) is 11.3 Å². The molecule has 158 valence electrons. The van der Waals surface area contributed by atoms with E-state index in [1.165, 1.54) is 0 Å². The summed E-state index contributed by atoms with van der Waals surface area (Å²) in [5.74, 6) is -0.705. The number of rotatable bonds is 9. The molecule has 1 fully saturated rings. The molecule has 0 spiro atoms. The minimum atomic E-state index is -0.820. The van der Waals surface area contributed by atoms with Crippen LogP contribution in [0, 0.1) is 17.2 Å². The second-order valence-corrected chi connectivity index (χ2v) is 7.81. The summed E-state index contributed by atoms with van der Waals surface area (Å²) >= 11 is 0. The van der Waals surface area contributed by atoms with Crippen LogP contribution in [-0.4, -0.2) is 32.8 Å². The van der Waals surface area contributed by atoms with Crippen molar-refractivity contribution in [2.75, 3.05) is 0 Å². The number of ketones is 1. The van der Waals surface area contributed by atoms with Crippen LogP contribution in [0.3, 0.4) is 0 Å². The van der Waals surface area contributed by atoms with Gasteiger partial charge >= 0.3 is 5.97 Å². The van der Waals surface area contributed by atoms with Crippen LogP contribution in [0.15, 0.2) is 60.8 Å². The van der Waals surface area contributed by atoms with Crippen molar-refractivity contribution >= 4 is 17.5 Å². The van der Waals surface area contributed by atoms with E-state index in [0.717, 1.165) is 22.6 Å². The van der Waals surface area contributed by atoms with Crippen LogP contribution in [0.5, 0.6) is 5.75 Å². The maximum Gasteiger partial charge on any atom is 0.306 e. The van der Waals surface area contributed by atoms with Crippen molar-refractivity contribution in [3.05, 3.63) is 71.9 Å². The summed E-state index contributed by atoms with van der Waals surface area (Å²) in [5, 5.41) is 24.0. The van der Waals surface area contributed by atoms with Crippen LogP contribution < -0.4 is 4.74 Å². The number of Topliss-reactive ketones (excluding diaryl/α,β-unsaturated/α-hetero) is 1. The highest BCUT2D eigenvalue weighted by molar-refractivity contribution is 6.09. The lowest BCUT2D eigenvalue weighted by atomic mass is 9.71. The fourth-order valence-electron chi connectivity index (χ4n) is 3.67. The van der Waals surface area contributed by atoms with Crippen molar-refractivity contribution in [1.29, 1.82) is 5.41 Å². The molecule has 7 nitrogen and oxygen atoms in total. The first-order chi connectivity index (χ1) is 15.0. The summed E-state index contributed by atoms with van der Waals surface area (Å²) in [6.07, 6.45) is 2.63. The standard InChI is InChI=1S/C24H23N3O4/c25-21(18-11-19(12-18)24(29)30)13-23(28)17-3-1-2-15(10-17)14-31-20-6-4-16(5-7-20)22-8-9-26-27-22/h1-10,18-19,25H,11-14H2,(H,26,27)(H,29,30). The lowest BCUT2D eigenvalue weighted by Gasteiger charge is -2.32. The Hall–Kier alpha value is -3.74. The average molecular weight is 417 g/mol. The number of aromatic amines is 1. The molecule has 1 heterocycles. The molecule has 1 saturated carbocycles. The van der Waals surface area contributed by atoms with Crippen LogP contribution >= 0.6 is 0 Å². The maximum absolute atomic E-state index is 12.6. The third-order valence-corrected chi connectivity index (χ3v) is 5.65. The number of carboxylic acid groups (broad SMARTS) is 1. The highest BCUT2D eigenvalue weighted by atomic mass is 16.5. The molecule has 3 N–H and O–H groups in total. The molecule has 0 bridgehead atoms. The fourth-order valence-corrected chi connectivity index (χ4v) is 3.67. The number of carbonyl (C=O) groups is 2. The van der Waals surface area contributed by atoms with Gasteiger partial charge in [-0.15, -0.1) is 0 Å². The number of benzene rings is 2. The number of carboxylic acids is 1. The van der Waals surface area contributed by atoms with Gasteiger partial charge in [-0.2, -0.15) is 5.10 Å². The number of aliphatic carboxylic acids is 1. The summed E-state index contributed by atoms with van der Waals surface area (Å²) in [7, 11) is 0. The summed E-state index contributed by atoms with van der Waals surface area (Å²) in [5.41, 5.74) is 3.67. The Balaban J connectivity index is 1.31. The van der Waals surface area contributed by atoms with Gasteiger partial charge in [0.05, 0.1) is 11.6 Å². The highest BCUT2D eigenvalue weighted by Crippen LogP contribution is 2.35. The van der Waals surface area contributed by atoms with E-state index in [9.17, 15) is 9.59 Å². The lowest BCUT2D eigenvalue weighted by Crippen LogP contribution is -2.35. The molecule has 31 heavy (non-hydrogen) atoms. The number of carbonyl (C=O) groups excluding carboxylic acids is 1. The second-order valence-electron chi connectivity index (χ2n) is 7.81. The van der Waals surface area contributed by atoms with Crippen LogP contribution in [0.2, 0.25) is 0 Å². The molecule has 0 amide bonds. The first-order valence-corrected chi connectivity index (χ1v) is 10.1. The van der Waals surface area contributed by atoms with Crippen LogP contribution in [-0.2, 0) is 11.4 Å². The van der Waals surface area contributed by atoms with E-state index in [-0.39, 0.29) is 24.0 Å². The minimum absolute atomic E-state index is 0.0242. The van der Waals surface area contributed by atoms with Gasteiger partial charge in [-0.1, -0.05) is 18.2 Å². The zero-order valence-electron chi connectivity index (χ0n) is 16.9. The second kappa shape index (κ2) is 8.95. The van der Waals surface area contributed by atoms with E-state index in [2.05, 4.69) is 10.2 Å². The highest BCUT2D eigenvalue weighted by Gasteiger charge is 2.37. The zero-order chi connectivity index (χ0) is 21.8. The monoisotopic (exact) mass is 417 g/mol. The van der Waals surface area contributed by atoms with Crippen molar-refractivity contribution in [2.24, 2.45) is 11.8 Å². The van der Waals surface area contributed by atoms with E-state index in [4.69, 9.17) is 15.3 Å². The first kappa shape index (κ1) is 20.5. The van der Waals surface area contributed by atoms with E-state index >= 15 is 0 Å². The Bertz CT molecular complexity index is 1080. The van der Waals surface area contributed by atoms with Crippen molar-refractivity contribution in [2.45, 2.75) is 25.9 Å². The summed E-state index contributed by atoms with van der Waals surface area (Å²) in [6, 6.07) is 16.8. The number of aromatic nitrogens is 2. The largest absolute Gasteiger partial charge is 0.489 e. The summed E-state index contributed by atoms with van der Waals surface area (Å²) in [6.45, 7) is 0.324. The van der Waals surface area contributed by atoms with Crippen molar-refractivity contribution < 1.29 is 19.4 Å². The molecule has 7 heteroatoms. The lowest BCUT2D eigenvalue weighted by molar-refractivity contribution is -0.145. The zero-order valence-corrected chi connectivity index (χ0v) is 16.9. The van der Waals surface area contributed by atoms with E-state index in [1.807, 2.05) is 36.4 Å². The molecular weight excluding hydrogens is 394 g/mol. The van der Waals surface area contributed by atoms with Gasteiger partial charge in [0, 0.05) is 23.9 Å². The van der Waals surface area contributed by atoms with Crippen molar-refractivity contribution in [1.82, 2.24) is 10.2 Å². The summed E-state index contributed by atoms with van der Waals surface area (Å²) in [4.78, 5) is 23.5. The average Bonchev–Trinajstić information content (AvgIpc) is 3.26. The molecule has 3 aromatic rings. The van der Waals surface area contributed by atoms with Crippen LogP contribution in [0.4, 0.5) is 0 Å². The molecule has 0 unspecified atom stereocenters. The van der Waals surface area contributed by atoms with Gasteiger partial charge in [0.25, 0.3) is 0 Å². The van der Waals surface area contributed by atoms with Crippen molar-refractivity contribution in [3.8, 4) is 17.0 Å². The van der Waals surface area contributed by atoms with Gasteiger partial charge in [0.2, 0.25) is 0 Å². The molecule has 0 aliphatic heterocycles. The van der Waals surface area contributed by atoms with E-state index in [1.54, 1.807) is 24.4 Å². The number of hydrogen-bond donors (Lipinski definition) is 3. The number of hydrogen-bond acceptors (Lipinski definition) is 5.